The van der Waals surface area contributed by atoms with Crippen molar-refractivity contribution >= 4 is 12.2 Å². The molecular weight excluding hydrogens is 374 g/mol. The van der Waals surface area contributed by atoms with Crippen LogP contribution in [0.3, 0.4) is 0 Å². The normalized spacial score (nSPS) is 26.2. The average molecular weight is 401 g/mol. The van der Waals surface area contributed by atoms with Crippen LogP contribution < -0.4 is 5.32 Å². The third-order valence-electron chi connectivity index (χ3n) is 4.95. The predicted molar refractivity (Wildman–Crippen MR) is 104 cm³/mol. The van der Waals surface area contributed by atoms with Crippen LogP contribution in [0.5, 0.6) is 0 Å². The highest BCUT2D eigenvalue weighted by Crippen LogP contribution is 2.35. The van der Waals surface area contributed by atoms with Gasteiger partial charge in [-0.05, 0) is 26.3 Å². The maximum absolute atomic E-state index is 12.7. The Labute approximate surface area is 170 Å². The van der Waals surface area contributed by atoms with Crippen molar-refractivity contribution < 1.29 is 23.8 Å². The summed E-state index contributed by atoms with van der Waals surface area (Å²) in [6, 6.07) is 10.8. The van der Waals surface area contributed by atoms with Gasteiger partial charge in [0.05, 0.1) is 31.4 Å². The minimum absolute atomic E-state index is 0.119. The molecule has 2 saturated heterocycles. The standard InChI is InChI=1S/C21H27N3O5/c1-20(2,3)29-19(26)24-16-9-21(14-22,10-17(24)13-27-12-16)23-18(25)28-11-15-7-5-4-6-8-15/h4-8,16-17H,9-13H2,1-3H3,(H,23,25). The summed E-state index contributed by atoms with van der Waals surface area (Å²) in [5, 5.41) is 12.6. The van der Waals surface area contributed by atoms with Gasteiger partial charge in [0.15, 0.2) is 0 Å². The topological polar surface area (TPSA) is 101 Å². The van der Waals surface area contributed by atoms with Gasteiger partial charge in [0.1, 0.15) is 17.7 Å². The number of morpholine rings is 1. The number of piperidine rings is 1. The molecule has 2 unspecified atom stereocenters. The van der Waals surface area contributed by atoms with Crippen LogP contribution in [0.25, 0.3) is 0 Å². The molecular formula is C21H27N3O5. The summed E-state index contributed by atoms with van der Waals surface area (Å²) >= 11 is 0. The minimum atomic E-state index is -1.12. The Bertz CT molecular complexity index is 770. The van der Waals surface area contributed by atoms with E-state index in [1.54, 1.807) is 4.90 Å². The average Bonchev–Trinajstić information content (AvgIpc) is 2.65. The lowest BCUT2D eigenvalue weighted by Crippen LogP contribution is -2.67. The zero-order valence-electron chi connectivity index (χ0n) is 17.0. The quantitative estimate of drug-likeness (QED) is 0.836. The van der Waals surface area contributed by atoms with Crippen LogP contribution in [-0.4, -0.2) is 53.5 Å². The Kier molecular flexibility index (Phi) is 5.99. The van der Waals surface area contributed by atoms with Gasteiger partial charge in [0, 0.05) is 12.8 Å². The first kappa shape index (κ1) is 20.9. The highest BCUT2D eigenvalue weighted by Gasteiger charge is 2.51. The lowest BCUT2D eigenvalue weighted by atomic mass is 9.79. The van der Waals surface area contributed by atoms with Crippen molar-refractivity contribution in [2.24, 2.45) is 0 Å². The van der Waals surface area contributed by atoms with E-state index in [0.717, 1.165) is 5.56 Å². The van der Waals surface area contributed by atoms with Gasteiger partial charge in [-0.2, -0.15) is 5.26 Å². The number of hydrogen-bond acceptors (Lipinski definition) is 6. The maximum Gasteiger partial charge on any atom is 0.410 e. The summed E-state index contributed by atoms with van der Waals surface area (Å²) in [5.74, 6) is 0. The summed E-state index contributed by atoms with van der Waals surface area (Å²) < 4.78 is 16.4. The van der Waals surface area contributed by atoms with E-state index in [1.807, 2.05) is 51.1 Å². The summed E-state index contributed by atoms with van der Waals surface area (Å²) in [6.45, 7) is 6.13. The van der Waals surface area contributed by atoms with Gasteiger partial charge in [-0.25, -0.2) is 9.59 Å². The Hall–Kier alpha value is -2.79. The van der Waals surface area contributed by atoms with Crippen molar-refractivity contribution in [3.8, 4) is 6.07 Å². The van der Waals surface area contributed by atoms with Crippen LogP contribution in [0.2, 0.25) is 0 Å². The van der Waals surface area contributed by atoms with Crippen LogP contribution in [0.4, 0.5) is 9.59 Å². The van der Waals surface area contributed by atoms with E-state index in [9.17, 15) is 14.9 Å². The number of fused-ring (bicyclic) bond motifs is 2. The molecule has 0 aromatic heterocycles. The molecule has 8 nitrogen and oxygen atoms in total. The van der Waals surface area contributed by atoms with E-state index in [4.69, 9.17) is 14.2 Å². The molecule has 156 valence electrons. The molecule has 2 aliphatic heterocycles. The van der Waals surface area contributed by atoms with Gasteiger partial charge in [-0.15, -0.1) is 0 Å². The fraction of sp³-hybridized carbons (Fsp3) is 0.571. The molecule has 2 atom stereocenters. The molecule has 1 N–H and O–H groups in total. The molecule has 2 heterocycles. The molecule has 2 amide bonds. The molecule has 1 aromatic carbocycles. The molecule has 0 saturated carbocycles. The summed E-state index contributed by atoms with van der Waals surface area (Å²) in [6.07, 6.45) is -0.576. The van der Waals surface area contributed by atoms with Crippen LogP contribution >= 0.6 is 0 Å². The molecule has 8 heteroatoms. The first-order valence-corrected chi connectivity index (χ1v) is 9.70. The fourth-order valence-electron chi connectivity index (χ4n) is 3.79. The van der Waals surface area contributed by atoms with E-state index >= 15 is 0 Å². The van der Waals surface area contributed by atoms with Crippen LogP contribution in [-0.2, 0) is 20.8 Å². The highest BCUT2D eigenvalue weighted by molar-refractivity contribution is 5.71. The number of ether oxygens (including phenoxy) is 3. The van der Waals surface area contributed by atoms with Gasteiger partial charge >= 0.3 is 12.2 Å². The maximum atomic E-state index is 12.7. The lowest BCUT2D eigenvalue weighted by molar-refractivity contribution is -0.0910. The van der Waals surface area contributed by atoms with Gasteiger partial charge in [-0.1, -0.05) is 30.3 Å². The highest BCUT2D eigenvalue weighted by atomic mass is 16.6. The first-order valence-electron chi connectivity index (χ1n) is 9.70. The number of rotatable bonds is 3. The number of benzene rings is 1. The molecule has 29 heavy (non-hydrogen) atoms. The third-order valence-corrected chi connectivity index (χ3v) is 4.95. The van der Waals surface area contributed by atoms with Crippen molar-refractivity contribution in [3.63, 3.8) is 0 Å². The number of carbonyl (C=O) groups excluding carboxylic acids is 2. The Balaban J connectivity index is 1.66. The minimum Gasteiger partial charge on any atom is -0.445 e. The SMILES string of the molecule is CC(C)(C)OC(=O)N1C2COCC1CC(C#N)(NC(=O)OCc1ccccc1)C2. The monoisotopic (exact) mass is 401 g/mol. The Morgan fingerprint density at radius 1 is 1.24 bits per heavy atom. The molecule has 0 radical (unpaired) electrons. The number of hydrogen-bond donors (Lipinski definition) is 1. The summed E-state index contributed by atoms with van der Waals surface area (Å²) in [5.41, 5.74) is -0.875. The number of nitriles is 1. The lowest BCUT2D eigenvalue weighted by Gasteiger charge is -2.50. The van der Waals surface area contributed by atoms with Crippen molar-refractivity contribution in [1.82, 2.24) is 10.2 Å². The summed E-state index contributed by atoms with van der Waals surface area (Å²) in [4.78, 5) is 26.7. The third kappa shape index (κ3) is 5.18. The Morgan fingerprint density at radius 3 is 2.41 bits per heavy atom. The predicted octanol–water partition coefficient (Wildman–Crippen LogP) is 2.97. The number of nitrogens with zero attached hydrogens (tertiary/aromatic N) is 2. The summed E-state index contributed by atoms with van der Waals surface area (Å²) in [7, 11) is 0. The van der Waals surface area contributed by atoms with Crippen molar-refractivity contribution in [3.05, 3.63) is 35.9 Å². The molecule has 0 aliphatic carbocycles. The second-order valence-electron chi connectivity index (χ2n) is 8.52. The van der Waals surface area contributed by atoms with E-state index in [1.165, 1.54) is 0 Å². The zero-order chi connectivity index (χ0) is 21.1. The van der Waals surface area contributed by atoms with Crippen LogP contribution in [0.15, 0.2) is 30.3 Å². The van der Waals surface area contributed by atoms with E-state index < -0.39 is 23.3 Å². The van der Waals surface area contributed by atoms with Crippen molar-refractivity contribution in [2.75, 3.05) is 13.2 Å². The smallest absolute Gasteiger partial charge is 0.410 e. The second kappa shape index (κ2) is 8.29. The molecule has 1 aromatic rings. The first-order chi connectivity index (χ1) is 13.7. The number of carbonyl (C=O) groups is 2. The molecule has 2 aliphatic rings. The number of nitrogens with one attached hydrogen (secondary N) is 1. The van der Waals surface area contributed by atoms with Crippen molar-refractivity contribution in [2.45, 2.75) is 63.4 Å². The molecule has 0 spiro atoms. The second-order valence-corrected chi connectivity index (χ2v) is 8.52. The van der Waals surface area contributed by atoms with Gasteiger partial charge in [0.2, 0.25) is 0 Å². The fourth-order valence-corrected chi connectivity index (χ4v) is 3.79. The van der Waals surface area contributed by atoms with E-state index in [2.05, 4.69) is 11.4 Å². The van der Waals surface area contributed by atoms with E-state index in [-0.39, 0.29) is 31.5 Å². The number of amides is 2. The van der Waals surface area contributed by atoms with Crippen LogP contribution in [0.1, 0.15) is 39.2 Å². The van der Waals surface area contributed by atoms with Gasteiger partial charge in [0.25, 0.3) is 0 Å². The van der Waals surface area contributed by atoms with E-state index in [0.29, 0.717) is 13.2 Å². The van der Waals surface area contributed by atoms with Crippen LogP contribution in [0, 0.1) is 11.3 Å². The molecule has 2 fully saturated rings. The molecule has 2 bridgehead atoms. The zero-order valence-corrected chi connectivity index (χ0v) is 17.0. The molecule has 3 rings (SSSR count). The largest absolute Gasteiger partial charge is 0.445 e. The number of alkyl carbamates (subject to hydrolysis) is 1. The van der Waals surface area contributed by atoms with Gasteiger partial charge in [-0.3, -0.25) is 4.90 Å². The van der Waals surface area contributed by atoms with Crippen molar-refractivity contribution in [1.29, 1.82) is 5.26 Å². The van der Waals surface area contributed by atoms with Gasteiger partial charge < -0.3 is 19.5 Å². The Morgan fingerprint density at radius 2 is 1.86 bits per heavy atom.